The molecule has 0 aliphatic carbocycles. The van der Waals surface area contributed by atoms with Crippen LogP contribution in [-0.4, -0.2) is 10.2 Å². The van der Waals surface area contributed by atoms with E-state index in [4.69, 9.17) is 5.73 Å². The van der Waals surface area contributed by atoms with Crippen molar-refractivity contribution in [3.8, 4) is 11.3 Å². The Morgan fingerprint density at radius 1 is 1.07 bits per heavy atom. The van der Waals surface area contributed by atoms with Crippen LogP contribution in [0, 0.1) is 0 Å². The molecule has 3 nitrogen and oxygen atoms in total. The van der Waals surface area contributed by atoms with E-state index in [1.165, 1.54) is 0 Å². The molecule has 0 saturated carbocycles. The molecule has 0 saturated heterocycles. The minimum atomic E-state index is 0.434. The number of nitrogen functional groups attached to an aromatic ring is 1. The van der Waals surface area contributed by atoms with Crippen LogP contribution < -0.4 is 5.73 Å². The van der Waals surface area contributed by atoms with Crippen molar-refractivity contribution in [2.75, 3.05) is 5.73 Å². The third kappa shape index (κ3) is 1.90. The van der Waals surface area contributed by atoms with Crippen LogP contribution in [0.2, 0.25) is 0 Å². The molecule has 0 atom stereocenters. The lowest BCUT2D eigenvalue weighted by Crippen LogP contribution is -1.93. The van der Waals surface area contributed by atoms with Gasteiger partial charge in [0, 0.05) is 10.0 Å². The third-order valence-corrected chi connectivity index (χ3v) is 2.30. The van der Waals surface area contributed by atoms with Crippen LogP contribution in [0.4, 0.5) is 5.82 Å². The maximum atomic E-state index is 5.45. The van der Waals surface area contributed by atoms with Crippen molar-refractivity contribution in [1.82, 2.24) is 10.2 Å². The molecule has 0 aliphatic heterocycles. The predicted octanol–water partition coefficient (Wildman–Crippen LogP) is 2.49. The van der Waals surface area contributed by atoms with Crippen LogP contribution in [0.15, 0.2) is 40.9 Å². The molecule has 0 spiro atoms. The van der Waals surface area contributed by atoms with Gasteiger partial charge >= 0.3 is 0 Å². The molecule has 1 aromatic heterocycles. The molecule has 14 heavy (non-hydrogen) atoms. The van der Waals surface area contributed by atoms with E-state index in [1.54, 1.807) is 6.07 Å². The maximum Gasteiger partial charge on any atom is 0.146 e. The van der Waals surface area contributed by atoms with E-state index in [0.717, 1.165) is 15.7 Å². The first-order valence-corrected chi connectivity index (χ1v) is 4.90. The van der Waals surface area contributed by atoms with Crippen LogP contribution in [0.5, 0.6) is 0 Å². The number of aromatic nitrogens is 2. The van der Waals surface area contributed by atoms with Gasteiger partial charge in [-0.1, -0.05) is 28.1 Å². The van der Waals surface area contributed by atoms with E-state index in [-0.39, 0.29) is 0 Å². The quantitative estimate of drug-likeness (QED) is 0.845. The van der Waals surface area contributed by atoms with Gasteiger partial charge in [0.05, 0.1) is 5.69 Å². The van der Waals surface area contributed by atoms with E-state index in [2.05, 4.69) is 26.1 Å². The Labute approximate surface area is 90.1 Å². The first kappa shape index (κ1) is 9.15. The normalized spacial score (nSPS) is 10.1. The Bertz CT molecular complexity index is 439. The van der Waals surface area contributed by atoms with Gasteiger partial charge in [-0.05, 0) is 24.3 Å². The second kappa shape index (κ2) is 3.75. The number of hydrogen-bond donors (Lipinski definition) is 1. The Hall–Kier alpha value is -1.42. The summed E-state index contributed by atoms with van der Waals surface area (Å²) in [6, 6.07) is 11.5. The fourth-order valence-electron chi connectivity index (χ4n) is 1.14. The minimum absolute atomic E-state index is 0.434. The second-order valence-corrected chi connectivity index (χ2v) is 3.77. The zero-order chi connectivity index (χ0) is 9.97. The van der Waals surface area contributed by atoms with Gasteiger partial charge in [0.25, 0.3) is 0 Å². The fourth-order valence-corrected chi connectivity index (χ4v) is 1.54. The molecular weight excluding hydrogens is 242 g/mol. The van der Waals surface area contributed by atoms with Gasteiger partial charge < -0.3 is 5.73 Å². The molecule has 0 unspecified atom stereocenters. The molecule has 2 aromatic rings. The molecule has 0 bridgehead atoms. The lowest BCUT2D eigenvalue weighted by molar-refractivity contribution is 1.05. The average Bonchev–Trinajstić information content (AvgIpc) is 2.19. The summed E-state index contributed by atoms with van der Waals surface area (Å²) in [5.74, 6) is 0.434. The Kier molecular flexibility index (Phi) is 2.45. The van der Waals surface area contributed by atoms with Crippen LogP contribution >= 0.6 is 15.9 Å². The van der Waals surface area contributed by atoms with Gasteiger partial charge in [-0.3, -0.25) is 0 Å². The van der Waals surface area contributed by atoms with Gasteiger partial charge in [0.2, 0.25) is 0 Å². The summed E-state index contributed by atoms with van der Waals surface area (Å²) < 4.78 is 1.02. The highest BCUT2D eigenvalue weighted by Gasteiger charge is 1.99. The van der Waals surface area contributed by atoms with Crippen molar-refractivity contribution in [1.29, 1.82) is 0 Å². The highest BCUT2D eigenvalue weighted by Crippen LogP contribution is 2.20. The van der Waals surface area contributed by atoms with Crippen molar-refractivity contribution in [2.24, 2.45) is 0 Å². The predicted molar refractivity (Wildman–Crippen MR) is 59.6 cm³/mol. The highest BCUT2D eigenvalue weighted by molar-refractivity contribution is 9.10. The minimum Gasteiger partial charge on any atom is -0.382 e. The standard InChI is InChI=1S/C10H8BrN3/c11-8-3-1-2-7(6-8)9-4-5-10(12)14-13-9/h1-6H,(H2,12,14). The summed E-state index contributed by atoms with van der Waals surface area (Å²) in [4.78, 5) is 0. The van der Waals surface area contributed by atoms with E-state index in [0.29, 0.717) is 5.82 Å². The van der Waals surface area contributed by atoms with E-state index in [9.17, 15) is 0 Å². The van der Waals surface area contributed by atoms with Crippen LogP contribution in [-0.2, 0) is 0 Å². The Morgan fingerprint density at radius 3 is 2.57 bits per heavy atom. The molecule has 1 aromatic carbocycles. The lowest BCUT2D eigenvalue weighted by Gasteiger charge is -2.00. The second-order valence-electron chi connectivity index (χ2n) is 2.85. The number of nitrogens with two attached hydrogens (primary N) is 1. The molecular formula is C10H8BrN3. The van der Waals surface area contributed by atoms with Gasteiger partial charge in [-0.2, -0.15) is 0 Å². The largest absolute Gasteiger partial charge is 0.382 e. The molecule has 70 valence electrons. The van der Waals surface area contributed by atoms with Crippen molar-refractivity contribution in [3.63, 3.8) is 0 Å². The van der Waals surface area contributed by atoms with Crippen molar-refractivity contribution in [2.45, 2.75) is 0 Å². The number of halogens is 1. The summed E-state index contributed by atoms with van der Waals surface area (Å²) in [5.41, 5.74) is 7.29. The van der Waals surface area contributed by atoms with Crippen molar-refractivity contribution < 1.29 is 0 Å². The SMILES string of the molecule is Nc1ccc(-c2cccc(Br)c2)nn1. The lowest BCUT2D eigenvalue weighted by atomic mass is 10.1. The molecule has 2 N–H and O–H groups in total. The van der Waals surface area contributed by atoms with E-state index < -0.39 is 0 Å². The van der Waals surface area contributed by atoms with Gasteiger partial charge in [0.15, 0.2) is 0 Å². The fraction of sp³-hybridized carbons (Fsp3) is 0. The average molecular weight is 250 g/mol. The zero-order valence-electron chi connectivity index (χ0n) is 7.31. The Balaban J connectivity index is 2.44. The van der Waals surface area contributed by atoms with Gasteiger partial charge in [0.1, 0.15) is 5.82 Å². The summed E-state index contributed by atoms with van der Waals surface area (Å²) in [6.07, 6.45) is 0. The first-order valence-electron chi connectivity index (χ1n) is 4.11. The maximum absolute atomic E-state index is 5.45. The number of anilines is 1. The Morgan fingerprint density at radius 2 is 1.93 bits per heavy atom. The van der Waals surface area contributed by atoms with Gasteiger partial charge in [-0.15, -0.1) is 10.2 Å². The molecule has 2 rings (SSSR count). The summed E-state index contributed by atoms with van der Waals surface area (Å²) in [6.45, 7) is 0. The van der Waals surface area contributed by atoms with E-state index >= 15 is 0 Å². The monoisotopic (exact) mass is 249 g/mol. The number of hydrogen-bond acceptors (Lipinski definition) is 3. The summed E-state index contributed by atoms with van der Waals surface area (Å²) >= 11 is 3.40. The zero-order valence-corrected chi connectivity index (χ0v) is 8.90. The van der Waals surface area contributed by atoms with Crippen LogP contribution in [0.1, 0.15) is 0 Å². The highest BCUT2D eigenvalue weighted by atomic mass is 79.9. The number of benzene rings is 1. The summed E-state index contributed by atoms with van der Waals surface area (Å²) in [7, 11) is 0. The number of rotatable bonds is 1. The molecule has 0 fully saturated rings. The third-order valence-electron chi connectivity index (χ3n) is 1.81. The first-order chi connectivity index (χ1) is 6.75. The molecule has 0 aliphatic rings. The molecule has 1 heterocycles. The van der Waals surface area contributed by atoms with Gasteiger partial charge in [-0.25, -0.2) is 0 Å². The molecule has 4 heteroatoms. The van der Waals surface area contributed by atoms with Crippen molar-refractivity contribution >= 4 is 21.7 Å². The van der Waals surface area contributed by atoms with Crippen LogP contribution in [0.25, 0.3) is 11.3 Å². The molecule has 0 amide bonds. The van der Waals surface area contributed by atoms with Crippen molar-refractivity contribution in [3.05, 3.63) is 40.9 Å². The smallest absolute Gasteiger partial charge is 0.146 e. The summed E-state index contributed by atoms with van der Waals surface area (Å²) in [5, 5.41) is 7.79. The molecule has 0 radical (unpaired) electrons. The number of nitrogens with zero attached hydrogens (tertiary/aromatic N) is 2. The van der Waals surface area contributed by atoms with E-state index in [1.807, 2.05) is 30.3 Å². The topological polar surface area (TPSA) is 51.8 Å². The van der Waals surface area contributed by atoms with Crippen LogP contribution in [0.3, 0.4) is 0 Å².